The largest absolute Gasteiger partial charge is 0.324 e. The summed E-state index contributed by atoms with van der Waals surface area (Å²) in [7, 11) is 0. The topological polar surface area (TPSA) is 61.8 Å². The smallest absolute Gasteiger partial charge is 0.275 e. The highest BCUT2D eigenvalue weighted by Gasteiger charge is 2.41. The van der Waals surface area contributed by atoms with Crippen LogP contribution in [0.4, 0.5) is 5.69 Å². The summed E-state index contributed by atoms with van der Waals surface area (Å²) in [6.45, 7) is 5.48. The minimum atomic E-state index is -0.797. The van der Waals surface area contributed by atoms with E-state index in [4.69, 9.17) is 11.6 Å². The van der Waals surface area contributed by atoms with E-state index < -0.39 is 5.66 Å². The molecule has 5 nitrogen and oxygen atoms in total. The van der Waals surface area contributed by atoms with Gasteiger partial charge in [-0.2, -0.15) is 0 Å². The second kappa shape index (κ2) is 6.92. The maximum atomic E-state index is 12.8. The third-order valence-corrected chi connectivity index (χ3v) is 4.58. The number of carbonyl (C=O) groups is 2. The number of amides is 2. The van der Waals surface area contributed by atoms with Crippen LogP contribution in [0.3, 0.4) is 0 Å². The number of halogens is 1. The molecule has 2 amide bonds. The first-order valence-electron chi connectivity index (χ1n) is 8.31. The average Bonchev–Trinajstić information content (AvgIpc) is 2.81. The molecule has 1 heterocycles. The zero-order chi connectivity index (χ0) is 18.9. The third-order valence-electron chi connectivity index (χ3n) is 4.33. The van der Waals surface area contributed by atoms with Crippen molar-refractivity contribution in [2.75, 3.05) is 11.9 Å². The first kappa shape index (κ1) is 18.1. The zero-order valence-corrected chi connectivity index (χ0v) is 15.7. The molecule has 0 radical (unpaired) electrons. The summed E-state index contributed by atoms with van der Waals surface area (Å²) in [6, 6.07) is 14.5. The Bertz CT molecular complexity index is 888. The Labute approximate surface area is 157 Å². The van der Waals surface area contributed by atoms with E-state index in [2.05, 4.69) is 10.3 Å². The van der Waals surface area contributed by atoms with Gasteiger partial charge in [0, 0.05) is 16.3 Å². The molecule has 6 heteroatoms. The van der Waals surface area contributed by atoms with Gasteiger partial charge < -0.3 is 10.2 Å². The fourth-order valence-corrected chi connectivity index (χ4v) is 2.99. The molecule has 2 aromatic rings. The Hall–Kier alpha value is -2.66. The standard InChI is InChI=1S/C20H20ClN3O2/c1-13-6-4-5-7-16(13)22-17(25)12-24-19(26)18(23-20(24,2)3)14-8-10-15(21)11-9-14/h4-11H,12H2,1-3H3,(H,22,25). The maximum absolute atomic E-state index is 12.8. The number of carbonyl (C=O) groups excluding carboxylic acids is 2. The molecular formula is C20H20ClN3O2. The predicted octanol–water partition coefficient (Wildman–Crippen LogP) is 3.65. The number of benzene rings is 2. The van der Waals surface area contributed by atoms with Crippen LogP contribution in [0.25, 0.3) is 0 Å². The van der Waals surface area contributed by atoms with Crippen molar-refractivity contribution in [2.45, 2.75) is 26.4 Å². The van der Waals surface area contributed by atoms with E-state index in [0.29, 0.717) is 16.3 Å². The van der Waals surface area contributed by atoms with Crippen molar-refractivity contribution in [3.8, 4) is 0 Å². The van der Waals surface area contributed by atoms with Gasteiger partial charge >= 0.3 is 0 Å². The summed E-state index contributed by atoms with van der Waals surface area (Å²) >= 11 is 5.91. The minimum absolute atomic E-state index is 0.0687. The molecular weight excluding hydrogens is 350 g/mol. The summed E-state index contributed by atoms with van der Waals surface area (Å²) in [5, 5.41) is 3.45. The van der Waals surface area contributed by atoms with Gasteiger partial charge in [-0.3, -0.25) is 14.6 Å². The molecule has 0 saturated carbocycles. The number of aliphatic imine (C=N–C) groups is 1. The predicted molar refractivity (Wildman–Crippen MR) is 104 cm³/mol. The van der Waals surface area contributed by atoms with Gasteiger partial charge in [-0.05, 0) is 44.5 Å². The van der Waals surface area contributed by atoms with E-state index in [-0.39, 0.29) is 18.4 Å². The van der Waals surface area contributed by atoms with E-state index in [1.165, 1.54) is 4.90 Å². The minimum Gasteiger partial charge on any atom is -0.324 e. The van der Waals surface area contributed by atoms with Crippen molar-refractivity contribution in [1.82, 2.24) is 4.90 Å². The number of nitrogens with zero attached hydrogens (tertiary/aromatic N) is 2. The van der Waals surface area contributed by atoms with Crippen LogP contribution < -0.4 is 5.32 Å². The van der Waals surface area contributed by atoms with Gasteiger partial charge in [0.25, 0.3) is 5.91 Å². The van der Waals surface area contributed by atoms with Crippen molar-refractivity contribution >= 4 is 34.8 Å². The van der Waals surface area contributed by atoms with Gasteiger partial charge in [-0.25, -0.2) is 0 Å². The SMILES string of the molecule is Cc1ccccc1NC(=O)CN1C(=O)C(c2ccc(Cl)cc2)=NC1(C)C. The number of hydrogen-bond acceptors (Lipinski definition) is 3. The lowest BCUT2D eigenvalue weighted by Crippen LogP contribution is -2.46. The number of para-hydroxylation sites is 1. The molecule has 0 fully saturated rings. The lowest BCUT2D eigenvalue weighted by atomic mass is 10.1. The van der Waals surface area contributed by atoms with Gasteiger partial charge in [0.2, 0.25) is 5.91 Å². The Kier molecular flexibility index (Phi) is 4.83. The molecule has 1 N–H and O–H groups in total. The Morgan fingerprint density at radius 1 is 1.15 bits per heavy atom. The Morgan fingerprint density at radius 2 is 1.81 bits per heavy atom. The molecule has 26 heavy (non-hydrogen) atoms. The monoisotopic (exact) mass is 369 g/mol. The second-order valence-electron chi connectivity index (χ2n) is 6.72. The van der Waals surface area contributed by atoms with Crippen LogP contribution in [0.1, 0.15) is 25.0 Å². The van der Waals surface area contributed by atoms with Gasteiger partial charge in [0.1, 0.15) is 17.9 Å². The van der Waals surface area contributed by atoms with Crippen molar-refractivity contribution < 1.29 is 9.59 Å². The summed E-state index contributed by atoms with van der Waals surface area (Å²) in [5.41, 5.74) is 1.94. The van der Waals surface area contributed by atoms with Crippen LogP contribution in [-0.4, -0.2) is 34.6 Å². The second-order valence-corrected chi connectivity index (χ2v) is 7.15. The summed E-state index contributed by atoms with van der Waals surface area (Å²) in [6.07, 6.45) is 0. The molecule has 0 aliphatic carbocycles. The molecule has 0 atom stereocenters. The highest BCUT2D eigenvalue weighted by molar-refractivity contribution is 6.47. The van der Waals surface area contributed by atoms with E-state index in [0.717, 1.165) is 11.3 Å². The lowest BCUT2D eigenvalue weighted by molar-refractivity contribution is -0.131. The number of aryl methyl sites for hydroxylation is 1. The van der Waals surface area contributed by atoms with Crippen molar-refractivity contribution in [3.05, 3.63) is 64.7 Å². The molecule has 0 bridgehead atoms. The highest BCUT2D eigenvalue weighted by atomic mass is 35.5. The van der Waals surface area contributed by atoms with Crippen molar-refractivity contribution in [3.63, 3.8) is 0 Å². The quantitative estimate of drug-likeness (QED) is 0.894. The molecule has 1 aliphatic rings. The van der Waals surface area contributed by atoms with Crippen LogP contribution >= 0.6 is 11.6 Å². The molecule has 134 valence electrons. The molecule has 1 aliphatic heterocycles. The lowest BCUT2D eigenvalue weighted by Gasteiger charge is -2.28. The number of nitrogens with one attached hydrogen (secondary N) is 1. The molecule has 0 unspecified atom stereocenters. The molecule has 3 rings (SSSR count). The maximum Gasteiger partial charge on any atom is 0.275 e. The van der Waals surface area contributed by atoms with Crippen LogP contribution in [-0.2, 0) is 9.59 Å². The zero-order valence-electron chi connectivity index (χ0n) is 14.9. The van der Waals surface area contributed by atoms with Crippen LogP contribution in [0.2, 0.25) is 5.02 Å². The van der Waals surface area contributed by atoms with Crippen LogP contribution in [0.5, 0.6) is 0 Å². The molecule has 0 saturated heterocycles. The van der Waals surface area contributed by atoms with Crippen molar-refractivity contribution in [2.24, 2.45) is 4.99 Å². The van der Waals surface area contributed by atoms with E-state index >= 15 is 0 Å². The number of hydrogen-bond donors (Lipinski definition) is 1. The summed E-state index contributed by atoms with van der Waals surface area (Å²) in [5.74, 6) is -0.523. The van der Waals surface area contributed by atoms with Gasteiger partial charge in [0.15, 0.2) is 0 Å². The van der Waals surface area contributed by atoms with Gasteiger partial charge in [0.05, 0.1) is 0 Å². The van der Waals surface area contributed by atoms with Gasteiger partial charge in [-0.1, -0.05) is 41.9 Å². The van der Waals surface area contributed by atoms with Crippen LogP contribution in [0.15, 0.2) is 53.5 Å². The molecule has 0 aromatic heterocycles. The Morgan fingerprint density at radius 3 is 2.46 bits per heavy atom. The van der Waals surface area contributed by atoms with Crippen molar-refractivity contribution in [1.29, 1.82) is 0 Å². The van der Waals surface area contributed by atoms with E-state index in [9.17, 15) is 9.59 Å². The van der Waals surface area contributed by atoms with E-state index in [1.807, 2.05) is 45.0 Å². The van der Waals surface area contributed by atoms with Gasteiger partial charge in [-0.15, -0.1) is 0 Å². The molecule has 2 aromatic carbocycles. The number of rotatable bonds is 4. The van der Waals surface area contributed by atoms with Crippen LogP contribution in [0, 0.1) is 6.92 Å². The average molecular weight is 370 g/mol. The fraction of sp³-hybridized carbons (Fsp3) is 0.250. The highest BCUT2D eigenvalue weighted by Crippen LogP contribution is 2.27. The first-order valence-corrected chi connectivity index (χ1v) is 8.69. The molecule has 0 spiro atoms. The summed E-state index contributed by atoms with van der Waals surface area (Å²) < 4.78 is 0. The normalized spacial score (nSPS) is 15.8. The first-order chi connectivity index (χ1) is 12.3. The number of anilines is 1. The third kappa shape index (κ3) is 3.63. The Balaban J connectivity index is 1.77. The summed E-state index contributed by atoms with van der Waals surface area (Å²) in [4.78, 5) is 31.3. The van der Waals surface area contributed by atoms with E-state index in [1.54, 1.807) is 24.3 Å². The fourth-order valence-electron chi connectivity index (χ4n) is 2.87.